The van der Waals surface area contributed by atoms with Crippen LogP contribution in [0.1, 0.15) is 6.92 Å². The third-order valence-electron chi connectivity index (χ3n) is 2.80. The van der Waals surface area contributed by atoms with E-state index in [1.807, 2.05) is 0 Å². The number of carbonyl (C=O) groups excluding carboxylic acids is 1. The third-order valence-corrected chi connectivity index (χ3v) is 4.17. The van der Waals surface area contributed by atoms with Crippen LogP contribution in [0, 0.1) is 10.1 Å². The number of rotatable bonds is 5. The van der Waals surface area contributed by atoms with E-state index < -0.39 is 14.9 Å². The molecule has 0 bridgehead atoms. The van der Waals surface area contributed by atoms with Gasteiger partial charge in [-0.1, -0.05) is 6.07 Å². The van der Waals surface area contributed by atoms with Crippen molar-refractivity contribution in [3.05, 3.63) is 58.6 Å². The average molecular weight is 335 g/mol. The Bertz CT molecular complexity index is 847. The van der Waals surface area contributed by atoms with E-state index in [0.29, 0.717) is 5.69 Å². The minimum Gasteiger partial charge on any atom is -0.326 e. The van der Waals surface area contributed by atoms with Gasteiger partial charge in [0.2, 0.25) is 5.91 Å². The fourth-order valence-corrected chi connectivity index (χ4v) is 2.91. The monoisotopic (exact) mass is 335 g/mol. The molecule has 2 rings (SSSR count). The number of amides is 1. The zero-order valence-corrected chi connectivity index (χ0v) is 12.8. The predicted molar refractivity (Wildman–Crippen MR) is 84.7 cm³/mol. The first-order valence-electron chi connectivity index (χ1n) is 6.43. The molecule has 0 unspecified atom stereocenters. The van der Waals surface area contributed by atoms with E-state index in [4.69, 9.17) is 0 Å². The van der Waals surface area contributed by atoms with Crippen LogP contribution in [0.4, 0.5) is 17.1 Å². The molecule has 2 aromatic rings. The lowest BCUT2D eigenvalue weighted by atomic mass is 10.3. The topological polar surface area (TPSA) is 118 Å². The summed E-state index contributed by atoms with van der Waals surface area (Å²) in [6.45, 7) is 1.32. The first-order chi connectivity index (χ1) is 10.8. The second kappa shape index (κ2) is 6.44. The molecule has 23 heavy (non-hydrogen) atoms. The van der Waals surface area contributed by atoms with Gasteiger partial charge in [-0.15, -0.1) is 0 Å². The van der Waals surface area contributed by atoms with Crippen molar-refractivity contribution in [2.75, 3.05) is 10.0 Å². The Morgan fingerprint density at radius 3 is 2.30 bits per heavy atom. The van der Waals surface area contributed by atoms with E-state index in [2.05, 4.69) is 10.0 Å². The van der Waals surface area contributed by atoms with Crippen molar-refractivity contribution in [2.45, 2.75) is 11.8 Å². The number of nitro benzene ring substituents is 1. The van der Waals surface area contributed by atoms with Gasteiger partial charge in [0.25, 0.3) is 15.7 Å². The highest BCUT2D eigenvalue weighted by molar-refractivity contribution is 7.92. The molecular weight excluding hydrogens is 322 g/mol. The summed E-state index contributed by atoms with van der Waals surface area (Å²) in [4.78, 5) is 21.0. The van der Waals surface area contributed by atoms with Crippen LogP contribution in [0.5, 0.6) is 0 Å². The number of hydrogen-bond acceptors (Lipinski definition) is 5. The minimum atomic E-state index is -3.88. The molecule has 120 valence electrons. The summed E-state index contributed by atoms with van der Waals surface area (Å²) in [5, 5.41) is 13.1. The fraction of sp³-hybridized carbons (Fsp3) is 0.0714. The molecule has 0 fully saturated rings. The first kappa shape index (κ1) is 16.4. The van der Waals surface area contributed by atoms with Gasteiger partial charge in [-0.2, -0.15) is 0 Å². The minimum absolute atomic E-state index is 0.0397. The molecule has 2 N–H and O–H groups in total. The van der Waals surface area contributed by atoms with Crippen LogP contribution in [0.3, 0.4) is 0 Å². The van der Waals surface area contributed by atoms with Gasteiger partial charge in [-0.05, 0) is 30.3 Å². The third kappa shape index (κ3) is 4.27. The maximum Gasteiger partial charge on any atom is 0.269 e. The highest BCUT2D eigenvalue weighted by Crippen LogP contribution is 2.21. The molecule has 2 aromatic carbocycles. The van der Waals surface area contributed by atoms with Crippen molar-refractivity contribution in [3.8, 4) is 0 Å². The standard InChI is InChI=1S/C14H13N3O5S/c1-10(18)15-12-3-2-4-14(9-12)23(21,22)16-11-5-7-13(8-6-11)17(19)20/h2-9,16H,1H3,(H,15,18). The Hall–Kier alpha value is -2.94. The van der Waals surface area contributed by atoms with Crippen LogP contribution in [-0.4, -0.2) is 19.2 Å². The maximum atomic E-state index is 12.3. The van der Waals surface area contributed by atoms with Crippen molar-refractivity contribution >= 4 is 33.0 Å². The molecule has 0 saturated carbocycles. The summed E-state index contributed by atoms with van der Waals surface area (Å²) >= 11 is 0. The number of non-ortho nitro benzene ring substituents is 1. The van der Waals surface area contributed by atoms with E-state index in [9.17, 15) is 23.3 Å². The predicted octanol–water partition coefficient (Wildman–Crippen LogP) is 2.35. The maximum absolute atomic E-state index is 12.3. The summed E-state index contributed by atoms with van der Waals surface area (Å²) in [5.74, 6) is -0.317. The number of benzene rings is 2. The van der Waals surface area contributed by atoms with E-state index in [0.717, 1.165) is 0 Å². The average Bonchev–Trinajstić information content (AvgIpc) is 2.47. The van der Waals surface area contributed by atoms with E-state index in [1.165, 1.54) is 49.4 Å². The van der Waals surface area contributed by atoms with E-state index >= 15 is 0 Å². The van der Waals surface area contributed by atoms with Gasteiger partial charge in [0.15, 0.2) is 0 Å². The lowest BCUT2D eigenvalue weighted by molar-refractivity contribution is -0.384. The summed E-state index contributed by atoms with van der Waals surface area (Å²) in [7, 11) is -3.88. The van der Waals surface area contributed by atoms with Gasteiger partial charge in [-0.3, -0.25) is 19.6 Å². The molecule has 0 aliphatic rings. The van der Waals surface area contributed by atoms with Gasteiger partial charge in [0, 0.05) is 30.4 Å². The molecule has 0 spiro atoms. The zero-order chi connectivity index (χ0) is 17.0. The van der Waals surface area contributed by atoms with Gasteiger partial charge in [-0.25, -0.2) is 8.42 Å². The molecule has 0 aromatic heterocycles. The van der Waals surface area contributed by atoms with Crippen molar-refractivity contribution in [3.63, 3.8) is 0 Å². The fourth-order valence-electron chi connectivity index (χ4n) is 1.81. The van der Waals surface area contributed by atoms with Crippen molar-refractivity contribution in [1.29, 1.82) is 0 Å². The summed E-state index contributed by atoms with van der Waals surface area (Å²) in [6.07, 6.45) is 0. The molecule has 0 aliphatic heterocycles. The number of carbonyl (C=O) groups is 1. The van der Waals surface area contributed by atoms with Crippen molar-refractivity contribution in [1.82, 2.24) is 0 Å². The summed E-state index contributed by atoms with van der Waals surface area (Å²) in [6, 6.07) is 10.7. The number of sulfonamides is 1. The molecule has 0 atom stereocenters. The highest BCUT2D eigenvalue weighted by Gasteiger charge is 2.15. The molecule has 0 saturated heterocycles. The first-order valence-corrected chi connectivity index (χ1v) is 7.91. The van der Waals surface area contributed by atoms with Crippen LogP contribution in [0.25, 0.3) is 0 Å². The molecule has 8 nitrogen and oxygen atoms in total. The highest BCUT2D eigenvalue weighted by atomic mass is 32.2. The van der Waals surface area contributed by atoms with Crippen LogP contribution in [-0.2, 0) is 14.8 Å². The molecular formula is C14H13N3O5S. The lowest BCUT2D eigenvalue weighted by Gasteiger charge is -2.09. The molecule has 0 heterocycles. The SMILES string of the molecule is CC(=O)Nc1cccc(S(=O)(=O)Nc2ccc([N+](=O)[O-])cc2)c1. The van der Waals surface area contributed by atoms with E-state index in [-0.39, 0.29) is 22.2 Å². The summed E-state index contributed by atoms with van der Waals surface area (Å²) < 4.78 is 26.9. The van der Waals surface area contributed by atoms with Gasteiger partial charge < -0.3 is 5.32 Å². The second-order valence-electron chi connectivity index (χ2n) is 4.62. The van der Waals surface area contributed by atoms with Crippen LogP contribution in [0.2, 0.25) is 0 Å². The number of anilines is 2. The smallest absolute Gasteiger partial charge is 0.269 e. The number of nitrogens with one attached hydrogen (secondary N) is 2. The van der Waals surface area contributed by atoms with E-state index in [1.54, 1.807) is 6.07 Å². The van der Waals surface area contributed by atoms with Crippen molar-refractivity contribution < 1.29 is 18.1 Å². The zero-order valence-electron chi connectivity index (χ0n) is 12.0. The Kier molecular flexibility index (Phi) is 4.60. The Labute approximate surface area is 132 Å². The number of nitrogens with zero attached hydrogens (tertiary/aromatic N) is 1. The van der Waals surface area contributed by atoms with Crippen LogP contribution >= 0.6 is 0 Å². The Morgan fingerprint density at radius 1 is 1.09 bits per heavy atom. The Morgan fingerprint density at radius 2 is 1.74 bits per heavy atom. The Balaban J connectivity index is 2.24. The van der Waals surface area contributed by atoms with Crippen LogP contribution in [0.15, 0.2) is 53.4 Å². The van der Waals surface area contributed by atoms with Crippen molar-refractivity contribution in [2.24, 2.45) is 0 Å². The van der Waals surface area contributed by atoms with Gasteiger partial charge in [0.05, 0.1) is 9.82 Å². The van der Waals surface area contributed by atoms with Gasteiger partial charge in [0.1, 0.15) is 0 Å². The molecule has 0 aliphatic carbocycles. The molecule has 0 radical (unpaired) electrons. The molecule has 1 amide bonds. The summed E-state index contributed by atoms with van der Waals surface area (Å²) in [5.41, 5.74) is 0.408. The number of nitro groups is 1. The molecule has 9 heteroatoms. The normalized spacial score (nSPS) is 10.8. The second-order valence-corrected chi connectivity index (χ2v) is 6.30. The van der Waals surface area contributed by atoms with Gasteiger partial charge >= 0.3 is 0 Å². The quantitative estimate of drug-likeness (QED) is 0.642. The largest absolute Gasteiger partial charge is 0.326 e. The number of hydrogen-bond donors (Lipinski definition) is 2. The lowest BCUT2D eigenvalue weighted by Crippen LogP contribution is -2.14. The van der Waals surface area contributed by atoms with Crippen LogP contribution < -0.4 is 10.0 Å².